The quantitative estimate of drug-likeness (QED) is 0.676. The molecule has 0 saturated carbocycles. The van der Waals surface area contributed by atoms with Crippen molar-refractivity contribution in [1.29, 1.82) is 0 Å². The number of methoxy groups -OCH3 is 1. The Bertz CT molecular complexity index is 944. The molecule has 4 rings (SSSR count). The van der Waals surface area contributed by atoms with Gasteiger partial charge in [-0.2, -0.15) is 5.10 Å². The number of hydrogen-bond acceptors (Lipinski definition) is 3. The first kappa shape index (κ1) is 17.9. The van der Waals surface area contributed by atoms with Crippen LogP contribution in [0.4, 0.5) is 0 Å². The number of benzene rings is 2. The van der Waals surface area contributed by atoms with Crippen molar-refractivity contribution < 1.29 is 9.53 Å². The molecule has 2 heterocycles. The Labute approximate surface area is 163 Å². The number of carbonyl (C=O) groups is 1. The Balaban J connectivity index is 1.38. The van der Waals surface area contributed by atoms with Crippen LogP contribution < -0.4 is 4.74 Å². The summed E-state index contributed by atoms with van der Waals surface area (Å²) in [5, 5.41) is 6.35. The van der Waals surface area contributed by atoms with Crippen molar-refractivity contribution in [1.82, 2.24) is 14.7 Å². The number of amides is 1. The van der Waals surface area contributed by atoms with E-state index < -0.39 is 0 Å². The number of rotatable bonds is 4. The maximum absolute atomic E-state index is 12.6. The SMILES string of the molecule is COc1cccc2nn(CC3CCN(C(=O)c4ccc(Cl)cc4)CC3)cc12. The van der Waals surface area contributed by atoms with Gasteiger partial charge in [0.25, 0.3) is 5.91 Å². The van der Waals surface area contributed by atoms with E-state index in [-0.39, 0.29) is 5.91 Å². The van der Waals surface area contributed by atoms with Crippen LogP contribution in [0.3, 0.4) is 0 Å². The predicted octanol–water partition coefficient (Wildman–Crippen LogP) is 4.25. The Kier molecular flexibility index (Phi) is 5.03. The van der Waals surface area contributed by atoms with Gasteiger partial charge in [-0.25, -0.2) is 0 Å². The first-order chi connectivity index (χ1) is 13.1. The number of piperidine rings is 1. The highest BCUT2D eigenvalue weighted by atomic mass is 35.5. The lowest BCUT2D eigenvalue weighted by Crippen LogP contribution is -2.39. The lowest BCUT2D eigenvalue weighted by Gasteiger charge is -2.32. The second kappa shape index (κ2) is 7.61. The van der Waals surface area contributed by atoms with E-state index in [4.69, 9.17) is 16.3 Å². The van der Waals surface area contributed by atoms with Crippen LogP contribution in [0.1, 0.15) is 23.2 Å². The first-order valence-corrected chi connectivity index (χ1v) is 9.57. The fraction of sp³-hybridized carbons (Fsp3) is 0.333. The summed E-state index contributed by atoms with van der Waals surface area (Å²) in [4.78, 5) is 14.5. The third-order valence-electron chi connectivity index (χ3n) is 5.22. The summed E-state index contributed by atoms with van der Waals surface area (Å²) < 4.78 is 7.42. The topological polar surface area (TPSA) is 47.4 Å². The van der Waals surface area contributed by atoms with Gasteiger partial charge in [0.2, 0.25) is 0 Å². The van der Waals surface area contributed by atoms with E-state index in [1.54, 1.807) is 31.4 Å². The predicted molar refractivity (Wildman–Crippen MR) is 106 cm³/mol. The van der Waals surface area contributed by atoms with Crippen LogP contribution in [0.25, 0.3) is 10.9 Å². The average Bonchev–Trinajstić information content (AvgIpc) is 3.11. The molecule has 0 spiro atoms. The van der Waals surface area contributed by atoms with E-state index in [9.17, 15) is 4.79 Å². The highest BCUT2D eigenvalue weighted by molar-refractivity contribution is 6.30. The highest BCUT2D eigenvalue weighted by Crippen LogP contribution is 2.26. The largest absolute Gasteiger partial charge is 0.496 e. The Morgan fingerprint density at radius 2 is 1.93 bits per heavy atom. The molecule has 1 aliphatic rings. The van der Waals surface area contributed by atoms with Gasteiger partial charge in [-0.3, -0.25) is 9.48 Å². The molecule has 0 bridgehead atoms. The molecule has 27 heavy (non-hydrogen) atoms. The maximum Gasteiger partial charge on any atom is 0.253 e. The summed E-state index contributed by atoms with van der Waals surface area (Å²) >= 11 is 5.91. The fourth-order valence-electron chi connectivity index (χ4n) is 3.70. The molecule has 0 unspecified atom stereocenters. The molecule has 1 amide bonds. The molecular weight excluding hydrogens is 362 g/mol. The lowest BCUT2D eigenvalue weighted by atomic mass is 9.96. The van der Waals surface area contributed by atoms with E-state index in [0.29, 0.717) is 16.5 Å². The standard InChI is InChI=1S/C21H22ClN3O2/c1-27-20-4-2-3-19-18(20)14-25(23-19)13-15-9-11-24(12-10-15)21(26)16-5-7-17(22)8-6-16/h2-8,14-15H,9-13H2,1H3. The van der Waals surface area contributed by atoms with E-state index >= 15 is 0 Å². The number of aromatic nitrogens is 2. The summed E-state index contributed by atoms with van der Waals surface area (Å²) in [6.07, 6.45) is 4.01. The Morgan fingerprint density at radius 1 is 1.19 bits per heavy atom. The zero-order valence-electron chi connectivity index (χ0n) is 15.3. The first-order valence-electron chi connectivity index (χ1n) is 9.19. The minimum absolute atomic E-state index is 0.0830. The van der Waals surface area contributed by atoms with Gasteiger partial charge >= 0.3 is 0 Å². The molecule has 0 aliphatic carbocycles. The summed E-state index contributed by atoms with van der Waals surface area (Å²) in [7, 11) is 1.68. The Hall–Kier alpha value is -2.53. The smallest absolute Gasteiger partial charge is 0.253 e. The number of carbonyl (C=O) groups excluding carboxylic acids is 1. The van der Waals surface area contributed by atoms with Crippen molar-refractivity contribution in [3.8, 4) is 5.75 Å². The van der Waals surface area contributed by atoms with Gasteiger partial charge in [0.15, 0.2) is 0 Å². The van der Waals surface area contributed by atoms with Crippen molar-refractivity contribution in [3.05, 3.63) is 59.2 Å². The van der Waals surface area contributed by atoms with Crippen LogP contribution in [0.2, 0.25) is 5.02 Å². The van der Waals surface area contributed by atoms with Crippen LogP contribution in [0.5, 0.6) is 5.75 Å². The van der Waals surface area contributed by atoms with Gasteiger partial charge in [0.05, 0.1) is 18.0 Å². The van der Waals surface area contributed by atoms with Gasteiger partial charge in [-0.1, -0.05) is 17.7 Å². The number of likely N-dealkylation sites (tertiary alicyclic amines) is 1. The molecule has 1 fully saturated rings. The van der Waals surface area contributed by atoms with Crippen LogP contribution in [-0.4, -0.2) is 40.8 Å². The van der Waals surface area contributed by atoms with Gasteiger partial charge in [-0.05, 0) is 55.2 Å². The third kappa shape index (κ3) is 3.78. The molecule has 0 radical (unpaired) electrons. The summed E-state index contributed by atoms with van der Waals surface area (Å²) in [5.41, 5.74) is 1.65. The molecule has 0 N–H and O–H groups in total. The monoisotopic (exact) mass is 383 g/mol. The van der Waals surface area contributed by atoms with Crippen LogP contribution in [-0.2, 0) is 6.54 Å². The van der Waals surface area contributed by atoms with E-state index in [1.165, 1.54) is 0 Å². The third-order valence-corrected chi connectivity index (χ3v) is 5.47. The highest BCUT2D eigenvalue weighted by Gasteiger charge is 2.24. The fourth-order valence-corrected chi connectivity index (χ4v) is 3.82. The van der Waals surface area contributed by atoms with Crippen LogP contribution in [0, 0.1) is 5.92 Å². The molecule has 1 aliphatic heterocycles. The van der Waals surface area contributed by atoms with Gasteiger partial charge in [0.1, 0.15) is 5.75 Å². The van der Waals surface area contributed by atoms with Crippen molar-refractivity contribution in [3.63, 3.8) is 0 Å². The van der Waals surface area contributed by atoms with Crippen LogP contribution in [0.15, 0.2) is 48.7 Å². The summed E-state index contributed by atoms with van der Waals surface area (Å²) in [6.45, 7) is 2.41. The average molecular weight is 384 g/mol. The minimum atomic E-state index is 0.0830. The molecule has 1 saturated heterocycles. The van der Waals surface area contributed by atoms with Gasteiger partial charge in [-0.15, -0.1) is 0 Å². The number of ether oxygens (including phenoxy) is 1. The zero-order valence-corrected chi connectivity index (χ0v) is 16.0. The molecule has 140 valence electrons. The molecule has 3 aromatic rings. The number of nitrogens with zero attached hydrogens (tertiary/aromatic N) is 3. The van der Waals surface area contributed by atoms with Crippen molar-refractivity contribution in [2.75, 3.05) is 20.2 Å². The molecule has 5 nitrogen and oxygen atoms in total. The summed E-state index contributed by atoms with van der Waals surface area (Å²) in [5.74, 6) is 1.45. The molecule has 2 aromatic carbocycles. The van der Waals surface area contributed by atoms with Crippen molar-refractivity contribution >= 4 is 28.4 Å². The number of fused-ring (bicyclic) bond motifs is 1. The molecule has 6 heteroatoms. The maximum atomic E-state index is 12.6. The molecule has 1 aromatic heterocycles. The Morgan fingerprint density at radius 3 is 2.63 bits per heavy atom. The number of halogens is 1. The van der Waals surface area contributed by atoms with Crippen molar-refractivity contribution in [2.45, 2.75) is 19.4 Å². The summed E-state index contributed by atoms with van der Waals surface area (Å²) in [6, 6.07) is 13.0. The van der Waals surface area contributed by atoms with E-state index in [1.807, 2.05) is 27.8 Å². The van der Waals surface area contributed by atoms with Crippen LogP contribution >= 0.6 is 11.6 Å². The molecule has 0 atom stereocenters. The van der Waals surface area contributed by atoms with E-state index in [0.717, 1.165) is 49.1 Å². The normalized spacial score (nSPS) is 15.3. The number of hydrogen-bond donors (Lipinski definition) is 0. The second-order valence-corrected chi connectivity index (χ2v) is 7.42. The van der Waals surface area contributed by atoms with Crippen molar-refractivity contribution in [2.24, 2.45) is 5.92 Å². The van der Waals surface area contributed by atoms with Gasteiger partial charge in [0, 0.05) is 36.4 Å². The second-order valence-electron chi connectivity index (χ2n) is 6.99. The van der Waals surface area contributed by atoms with E-state index in [2.05, 4.69) is 11.3 Å². The minimum Gasteiger partial charge on any atom is -0.496 e. The van der Waals surface area contributed by atoms with Gasteiger partial charge < -0.3 is 9.64 Å². The zero-order chi connectivity index (χ0) is 18.8. The lowest BCUT2D eigenvalue weighted by molar-refractivity contribution is 0.0681. The molecular formula is C21H22ClN3O2.